The lowest BCUT2D eigenvalue weighted by Gasteiger charge is -2.19. The summed E-state index contributed by atoms with van der Waals surface area (Å²) in [6.07, 6.45) is -4.37. The molecule has 212 valence electrons. The zero-order valence-corrected chi connectivity index (χ0v) is 24.0. The smallest absolute Gasteiger partial charge is 0.408 e. The largest absolute Gasteiger partial charge is 0.493 e. The molecule has 7 nitrogen and oxygen atoms in total. The molecular weight excluding hydrogens is 556 g/mol. The highest BCUT2D eigenvalue weighted by atomic mass is 35.5. The predicted octanol–water partition coefficient (Wildman–Crippen LogP) is 6.21. The van der Waals surface area contributed by atoms with Gasteiger partial charge in [-0.1, -0.05) is 50.0 Å². The van der Waals surface area contributed by atoms with Crippen molar-refractivity contribution < 1.29 is 27.5 Å². The first-order chi connectivity index (χ1) is 18.0. The van der Waals surface area contributed by atoms with Crippen LogP contribution in [-0.4, -0.2) is 40.2 Å². The number of carbonyl (C=O) groups is 2. The van der Waals surface area contributed by atoms with E-state index in [1.807, 2.05) is 26.1 Å². The highest BCUT2D eigenvalue weighted by Gasteiger charge is 2.37. The Bertz CT molecular complexity index is 1400. The Kier molecular flexibility index (Phi) is 9.12. The van der Waals surface area contributed by atoms with Crippen LogP contribution in [0.2, 0.25) is 10.0 Å². The SMILES string of the molecule is CCOc1cc2c(cc1C(=O)NC(C)C(F)(F)F)nc(Cc1c(Cl)ccc(CNC(=O)C(C)(C)C)c1Cl)n2C. The van der Waals surface area contributed by atoms with Crippen molar-refractivity contribution >= 4 is 46.0 Å². The van der Waals surface area contributed by atoms with Crippen LogP contribution in [0.25, 0.3) is 11.0 Å². The Balaban J connectivity index is 1.97. The number of amides is 2. The fraction of sp³-hybridized carbons (Fsp3) is 0.444. The lowest BCUT2D eigenvalue weighted by Crippen LogP contribution is -2.43. The van der Waals surface area contributed by atoms with Gasteiger partial charge in [0.25, 0.3) is 5.91 Å². The van der Waals surface area contributed by atoms with E-state index < -0.39 is 23.5 Å². The quantitative estimate of drug-likeness (QED) is 0.328. The number of aromatic nitrogens is 2. The lowest BCUT2D eigenvalue weighted by atomic mass is 9.95. The van der Waals surface area contributed by atoms with Gasteiger partial charge in [-0.05, 0) is 37.1 Å². The topological polar surface area (TPSA) is 85.2 Å². The van der Waals surface area contributed by atoms with Gasteiger partial charge < -0.3 is 19.9 Å². The number of ether oxygens (including phenoxy) is 1. The van der Waals surface area contributed by atoms with Crippen molar-refractivity contribution in [2.75, 3.05) is 6.61 Å². The molecule has 1 unspecified atom stereocenters. The number of imidazole rings is 1. The highest BCUT2D eigenvalue weighted by Crippen LogP contribution is 2.33. The summed E-state index contributed by atoms with van der Waals surface area (Å²) < 4.78 is 46.4. The van der Waals surface area contributed by atoms with Gasteiger partial charge >= 0.3 is 6.18 Å². The molecule has 12 heteroatoms. The molecule has 0 spiro atoms. The maximum Gasteiger partial charge on any atom is 0.408 e. The first-order valence-electron chi connectivity index (χ1n) is 12.3. The minimum atomic E-state index is -4.59. The Morgan fingerprint density at radius 2 is 1.82 bits per heavy atom. The summed E-state index contributed by atoms with van der Waals surface area (Å²) in [4.78, 5) is 29.7. The fourth-order valence-corrected chi connectivity index (χ4v) is 4.35. The molecule has 0 aliphatic rings. The van der Waals surface area contributed by atoms with Crippen molar-refractivity contribution in [2.45, 2.75) is 59.8 Å². The first-order valence-corrected chi connectivity index (χ1v) is 13.0. The van der Waals surface area contributed by atoms with Gasteiger partial charge in [-0.3, -0.25) is 9.59 Å². The third-order valence-corrected chi connectivity index (χ3v) is 7.00. The molecule has 0 saturated carbocycles. The first kappa shape index (κ1) is 30.6. The summed E-state index contributed by atoms with van der Waals surface area (Å²) in [5, 5.41) is 5.64. The normalized spacial score (nSPS) is 12.9. The number of carbonyl (C=O) groups excluding carboxylic acids is 2. The van der Waals surface area contributed by atoms with Gasteiger partial charge in [0.05, 0.1) is 28.2 Å². The number of nitrogens with one attached hydrogen (secondary N) is 2. The standard InChI is InChI=1S/C27H31Cl2F3N4O3/c1-7-39-21-12-20-19(10-17(21)24(37)34-14(2)27(30,31)32)35-22(36(20)6)11-16-18(28)9-8-15(23(16)29)13-33-25(38)26(3,4)5/h8-10,12,14H,7,11,13H2,1-6H3,(H,33,38)(H,34,37). The molecule has 0 aliphatic carbocycles. The third kappa shape index (κ3) is 6.97. The number of hydrogen-bond acceptors (Lipinski definition) is 4. The monoisotopic (exact) mass is 586 g/mol. The molecule has 1 aromatic heterocycles. The molecule has 2 amide bonds. The van der Waals surface area contributed by atoms with Crippen LogP contribution < -0.4 is 15.4 Å². The van der Waals surface area contributed by atoms with Gasteiger partial charge in [-0.15, -0.1) is 0 Å². The van der Waals surface area contributed by atoms with E-state index in [1.165, 1.54) is 6.07 Å². The molecule has 0 bridgehead atoms. The van der Waals surface area contributed by atoms with Gasteiger partial charge in [0.2, 0.25) is 5.91 Å². The lowest BCUT2D eigenvalue weighted by molar-refractivity contribution is -0.149. The van der Waals surface area contributed by atoms with Crippen LogP contribution in [0.4, 0.5) is 13.2 Å². The number of nitrogens with zero attached hydrogens (tertiary/aromatic N) is 2. The highest BCUT2D eigenvalue weighted by molar-refractivity contribution is 6.36. The average Bonchev–Trinajstić information content (AvgIpc) is 3.13. The maximum absolute atomic E-state index is 13.0. The van der Waals surface area contributed by atoms with Crippen LogP contribution >= 0.6 is 23.2 Å². The summed E-state index contributed by atoms with van der Waals surface area (Å²) in [6.45, 7) is 8.43. The van der Waals surface area contributed by atoms with E-state index in [0.29, 0.717) is 38.0 Å². The average molecular weight is 587 g/mol. The Morgan fingerprint density at radius 3 is 2.41 bits per heavy atom. The number of aryl methyl sites for hydroxylation is 1. The van der Waals surface area contributed by atoms with E-state index in [0.717, 1.165) is 6.92 Å². The van der Waals surface area contributed by atoms with Crippen molar-refractivity contribution in [1.82, 2.24) is 20.2 Å². The van der Waals surface area contributed by atoms with Gasteiger partial charge in [-0.25, -0.2) is 4.98 Å². The molecule has 2 aromatic carbocycles. The summed E-state index contributed by atoms with van der Waals surface area (Å²) in [5.74, 6) is -0.360. The molecule has 0 radical (unpaired) electrons. The molecule has 1 atom stereocenters. The number of fused-ring (bicyclic) bond motifs is 1. The van der Waals surface area contributed by atoms with E-state index in [4.69, 9.17) is 27.9 Å². The molecule has 0 aliphatic heterocycles. The van der Waals surface area contributed by atoms with Gasteiger partial charge in [0.15, 0.2) is 0 Å². The van der Waals surface area contributed by atoms with Crippen LogP contribution in [0.15, 0.2) is 24.3 Å². The van der Waals surface area contributed by atoms with Crippen LogP contribution in [0.5, 0.6) is 5.75 Å². The number of halogens is 5. The van der Waals surface area contributed by atoms with E-state index in [2.05, 4.69) is 10.3 Å². The second-order valence-corrected chi connectivity index (χ2v) is 11.0. The van der Waals surface area contributed by atoms with E-state index in [9.17, 15) is 22.8 Å². The molecule has 0 saturated heterocycles. The fourth-order valence-electron chi connectivity index (χ4n) is 3.78. The number of alkyl halides is 3. The van der Waals surface area contributed by atoms with E-state index in [-0.39, 0.29) is 36.8 Å². The Hall–Kier alpha value is -2.98. The molecule has 0 fully saturated rings. The van der Waals surface area contributed by atoms with Crippen molar-refractivity contribution in [2.24, 2.45) is 12.5 Å². The molecule has 3 rings (SSSR count). The minimum absolute atomic E-state index is 0.0576. The maximum atomic E-state index is 13.0. The van der Waals surface area contributed by atoms with E-state index in [1.54, 1.807) is 36.7 Å². The molecule has 1 heterocycles. The minimum Gasteiger partial charge on any atom is -0.493 e. The van der Waals surface area contributed by atoms with Crippen molar-refractivity contribution in [3.05, 3.63) is 56.8 Å². The second-order valence-electron chi connectivity index (χ2n) is 10.2. The van der Waals surface area contributed by atoms with Crippen LogP contribution in [-0.2, 0) is 24.8 Å². The van der Waals surface area contributed by atoms with Gasteiger partial charge in [0, 0.05) is 36.5 Å². The number of hydrogen-bond donors (Lipinski definition) is 2. The van der Waals surface area contributed by atoms with Gasteiger partial charge in [0.1, 0.15) is 17.6 Å². The molecule has 3 aromatic rings. The predicted molar refractivity (Wildman–Crippen MR) is 145 cm³/mol. The van der Waals surface area contributed by atoms with Crippen molar-refractivity contribution in [3.8, 4) is 5.75 Å². The van der Waals surface area contributed by atoms with Crippen molar-refractivity contribution in [3.63, 3.8) is 0 Å². The van der Waals surface area contributed by atoms with Crippen molar-refractivity contribution in [1.29, 1.82) is 0 Å². The van der Waals surface area contributed by atoms with Gasteiger partial charge in [-0.2, -0.15) is 13.2 Å². The zero-order valence-electron chi connectivity index (χ0n) is 22.5. The molecule has 39 heavy (non-hydrogen) atoms. The molecular formula is C27H31Cl2F3N4O3. The van der Waals surface area contributed by atoms with E-state index >= 15 is 0 Å². The second kappa shape index (κ2) is 11.6. The number of rotatable bonds is 8. The van der Waals surface area contributed by atoms with Crippen LogP contribution in [0, 0.1) is 5.41 Å². The summed E-state index contributed by atoms with van der Waals surface area (Å²) >= 11 is 13.2. The molecule has 2 N–H and O–H groups in total. The van der Waals surface area contributed by atoms with Crippen LogP contribution in [0.3, 0.4) is 0 Å². The Labute approximate surface area is 235 Å². The summed E-state index contributed by atoms with van der Waals surface area (Å²) in [7, 11) is 1.76. The zero-order chi connectivity index (χ0) is 29.3. The third-order valence-electron chi connectivity index (χ3n) is 6.18. The summed E-state index contributed by atoms with van der Waals surface area (Å²) in [6, 6.07) is 4.38. The number of benzene rings is 2. The Morgan fingerprint density at radius 1 is 1.15 bits per heavy atom. The van der Waals surface area contributed by atoms with Crippen LogP contribution in [0.1, 0.15) is 61.9 Å². The summed E-state index contributed by atoms with van der Waals surface area (Å²) in [5.41, 5.74) is 1.66.